The Bertz CT molecular complexity index is 354. The molecule has 0 amide bonds. The van der Waals surface area contributed by atoms with E-state index >= 15 is 0 Å². The largest absolute Gasteiger partial charge is 0.394 e. The van der Waals surface area contributed by atoms with Gasteiger partial charge in [-0.1, -0.05) is 83.3 Å². The molecule has 6 heteroatoms. The van der Waals surface area contributed by atoms with Gasteiger partial charge in [-0.25, -0.2) is 0 Å². The number of unbranched alkanes of at least 4 members (excludes halogenated alkanes) is 11. The molecule has 0 aromatic heterocycles. The Hall–Kier alpha value is -0.500. The summed E-state index contributed by atoms with van der Waals surface area (Å²) in [7, 11) is 0. The van der Waals surface area contributed by atoms with Gasteiger partial charge in [0, 0.05) is 0 Å². The van der Waals surface area contributed by atoms with Crippen molar-refractivity contribution in [1.82, 2.24) is 0 Å². The molecule has 0 spiro atoms. The first-order chi connectivity index (χ1) is 13.5. The molecule has 0 rings (SSSR count). The van der Waals surface area contributed by atoms with E-state index in [0.29, 0.717) is 0 Å². The van der Waals surface area contributed by atoms with Crippen LogP contribution in [0, 0.1) is 0 Å². The second-order valence-electron chi connectivity index (χ2n) is 7.76. The van der Waals surface area contributed by atoms with Crippen LogP contribution in [0.25, 0.3) is 0 Å². The third kappa shape index (κ3) is 16.5. The second kappa shape index (κ2) is 19.8. The number of rotatable bonds is 20. The highest BCUT2D eigenvalue weighted by Gasteiger charge is 2.17. The maximum Gasteiger partial charge on any atom is 0.105 e. The first-order valence-electron chi connectivity index (χ1n) is 11.2. The summed E-state index contributed by atoms with van der Waals surface area (Å²) in [4.78, 5) is 0. The molecule has 0 saturated carbocycles. The standard InChI is InChI=1S/C22H45NO5/c1-2-3-4-5-6-7-8-9-10-11-12-13-14-15-20(25)19(23)17-28-18-22(27)21(26)16-24/h14-15,19-22,24-27H,2-13,16-18,23H2,1H3/b15-14+/t19-,20+,21-,22+/m0/s1. The molecule has 0 fully saturated rings. The van der Waals surface area contributed by atoms with Crippen LogP contribution < -0.4 is 5.73 Å². The Morgan fingerprint density at radius 1 is 0.786 bits per heavy atom. The van der Waals surface area contributed by atoms with Gasteiger partial charge < -0.3 is 30.9 Å². The van der Waals surface area contributed by atoms with E-state index < -0.39 is 31.0 Å². The van der Waals surface area contributed by atoms with Gasteiger partial charge >= 0.3 is 0 Å². The average molecular weight is 404 g/mol. The molecule has 6 nitrogen and oxygen atoms in total. The van der Waals surface area contributed by atoms with Crippen LogP contribution in [0.5, 0.6) is 0 Å². The van der Waals surface area contributed by atoms with Crippen molar-refractivity contribution in [3.05, 3.63) is 12.2 Å². The lowest BCUT2D eigenvalue weighted by Crippen LogP contribution is -2.40. The lowest BCUT2D eigenvalue weighted by Gasteiger charge is -2.19. The Balaban J connectivity index is 3.53. The highest BCUT2D eigenvalue weighted by atomic mass is 16.5. The summed E-state index contributed by atoms with van der Waals surface area (Å²) in [5, 5.41) is 37.4. The molecule has 4 atom stereocenters. The third-order valence-corrected chi connectivity index (χ3v) is 4.98. The first kappa shape index (κ1) is 27.5. The Labute approximate surface area is 171 Å². The molecule has 0 heterocycles. The fourth-order valence-electron chi connectivity index (χ4n) is 2.96. The monoisotopic (exact) mass is 403 g/mol. The summed E-state index contributed by atoms with van der Waals surface area (Å²) in [6, 6.07) is -0.591. The number of ether oxygens (including phenoxy) is 1. The number of hydrogen-bond acceptors (Lipinski definition) is 6. The molecule has 0 aromatic carbocycles. The minimum Gasteiger partial charge on any atom is -0.394 e. The van der Waals surface area contributed by atoms with Crippen LogP contribution in [0.3, 0.4) is 0 Å². The van der Waals surface area contributed by atoms with Crippen LogP contribution >= 0.6 is 0 Å². The summed E-state index contributed by atoms with van der Waals surface area (Å²) < 4.78 is 5.18. The lowest BCUT2D eigenvalue weighted by molar-refractivity contribution is -0.0610. The zero-order valence-corrected chi connectivity index (χ0v) is 17.8. The van der Waals surface area contributed by atoms with E-state index in [1.165, 1.54) is 64.2 Å². The van der Waals surface area contributed by atoms with Crippen LogP contribution in [-0.4, -0.2) is 64.6 Å². The molecule has 0 aromatic rings. The van der Waals surface area contributed by atoms with Crippen molar-refractivity contribution in [2.45, 2.75) is 108 Å². The zero-order valence-electron chi connectivity index (χ0n) is 17.8. The van der Waals surface area contributed by atoms with Gasteiger partial charge in [0.05, 0.1) is 32.0 Å². The van der Waals surface area contributed by atoms with E-state index in [2.05, 4.69) is 6.92 Å². The lowest BCUT2D eigenvalue weighted by atomic mass is 10.0. The van der Waals surface area contributed by atoms with E-state index in [-0.39, 0.29) is 13.2 Å². The molecule has 0 saturated heterocycles. The minimum absolute atomic E-state index is 0.0686. The van der Waals surface area contributed by atoms with Gasteiger partial charge in [-0.2, -0.15) is 0 Å². The number of aliphatic hydroxyl groups is 4. The molecule has 0 aliphatic carbocycles. The van der Waals surface area contributed by atoms with Crippen LogP contribution in [-0.2, 0) is 4.74 Å². The number of hydrogen-bond donors (Lipinski definition) is 5. The molecule has 0 radical (unpaired) electrons. The molecule has 0 aliphatic heterocycles. The molecule has 6 N–H and O–H groups in total. The van der Waals surface area contributed by atoms with Gasteiger partial charge in [0.25, 0.3) is 0 Å². The predicted molar refractivity (Wildman–Crippen MR) is 114 cm³/mol. The van der Waals surface area contributed by atoms with Crippen molar-refractivity contribution >= 4 is 0 Å². The smallest absolute Gasteiger partial charge is 0.105 e. The van der Waals surface area contributed by atoms with Gasteiger partial charge in [0.15, 0.2) is 0 Å². The minimum atomic E-state index is -1.23. The van der Waals surface area contributed by atoms with Crippen molar-refractivity contribution < 1.29 is 25.2 Å². The number of aliphatic hydroxyl groups excluding tert-OH is 4. The number of nitrogens with two attached hydrogens (primary N) is 1. The van der Waals surface area contributed by atoms with Crippen LogP contribution in [0.4, 0.5) is 0 Å². The maximum atomic E-state index is 9.97. The number of allylic oxidation sites excluding steroid dienone is 1. The van der Waals surface area contributed by atoms with E-state index in [9.17, 15) is 15.3 Å². The first-order valence-corrected chi connectivity index (χ1v) is 11.2. The Morgan fingerprint density at radius 3 is 1.86 bits per heavy atom. The van der Waals surface area contributed by atoms with Gasteiger partial charge in [-0.15, -0.1) is 0 Å². The summed E-state index contributed by atoms with van der Waals surface area (Å²) in [6.45, 7) is 1.66. The fourth-order valence-corrected chi connectivity index (χ4v) is 2.96. The SMILES string of the molecule is CCCCCCCCCCCCC/C=C/[C@@H](O)[C@@H](N)COC[C@@H](O)[C@@H](O)CO. The van der Waals surface area contributed by atoms with Crippen LogP contribution in [0.1, 0.15) is 84.0 Å². The third-order valence-electron chi connectivity index (χ3n) is 4.98. The molecule has 0 unspecified atom stereocenters. The normalized spacial score (nSPS) is 16.4. The second-order valence-corrected chi connectivity index (χ2v) is 7.76. The summed E-state index contributed by atoms with van der Waals surface area (Å²) in [6.07, 6.45) is 15.9. The van der Waals surface area contributed by atoms with Crippen molar-refractivity contribution in [1.29, 1.82) is 0 Å². The van der Waals surface area contributed by atoms with E-state index in [1.807, 2.05) is 6.08 Å². The summed E-state index contributed by atoms with van der Waals surface area (Å²) in [5.74, 6) is 0. The Morgan fingerprint density at radius 2 is 1.32 bits per heavy atom. The molecule has 28 heavy (non-hydrogen) atoms. The van der Waals surface area contributed by atoms with Crippen molar-refractivity contribution in [3.63, 3.8) is 0 Å². The summed E-state index contributed by atoms with van der Waals surface area (Å²) >= 11 is 0. The summed E-state index contributed by atoms with van der Waals surface area (Å²) in [5.41, 5.74) is 5.84. The van der Waals surface area contributed by atoms with E-state index in [4.69, 9.17) is 15.6 Å². The van der Waals surface area contributed by atoms with Gasteiger partial charge in [-0.3, -0.25) is 0 Å². The van der Waals surface area contributed by atoms with Gasteiger partial charge in [0.2, 0.25) is 0 Å². The van der Waals surface area contributed by atoms with Gasteiger partial charge in [0.1, 0.15) is 12.2 Å². The Kier molecular flexibility index (Phi) is 19.4. The molecular formula is C22H45NO5. The highest BCUT2D eigenvalue weighted by molar-refractivity contribution is 4.93. The zero-order chi connectivity index (χ0) is 21.0. The molecule has 0 bridgehead atoms. The maximum absolute atomic E-state index is 9.97. The van der Waals surface area contributed by atoms with Crippen molar-refractivity contribution in [2.24, 2.45) is 5.73 Å². The van der Waals surface area contributed by atoms with Crippen molar-refractivity contribution in [2.75, 3.05) is 19.8 Å². The van der Waals surface area contributed by atoms with Crippen molar-refractivity contribution in [3.8, 4) is 0 Å². The quantitative estimate of drug-likeness (QED) is 0.158. The van der Waals surface area contributed by atoms with Crippen LogP contribution in [0.2, 0.25) is 0 Å². The molecule has 0 aliphatic rings. The highest BCUT2D eigenvalue weighted by Crippen LogP contribution is 2.12. The van der Waals surface area contributed by atoms with Crippen LogP contribution in [0.15, 0.2) is 12.2 Å². The topological polar surface area (TPSA) is 116 Å². The van der Waals surface area contributed by atoms with E-state index in [0.717, 1.165) is 12.8 Å². The van der Waals surface area contributed by atoms with E-state index in [1.54, 1.807) is 6.08 Å². The molecular weight excluding hydrogens is 358 g/mol. The fraction of sp³-hybridized carbons (Fsp3) is 0.909. The molecule has 168 valence electrons. The predicted octanol–water partition coefficient (Wildman–Crippen LogP) is 2.66. The van der Waals surface area contributed by atoms with Gasteiger partial charge in [-0.05, 0) is 12.8 Å². The average Bonchev–Trinajstić information content (AvgIpc) is 2.70.